The average molecular weight is 779 g/mol. The lowest BCUT2D eigenvalue weighted by Gasteiger charge is -2.59. The van der Waals surface area contributed by atoms with E-state index in [0.29, 0.717) is 43.0 Å². The van der Waals surface area contributed by atoms with E-state index in [1.165, 1.54) is 31.4 Å². The number of hydrogen-bond acceptors (Lipinski definition) is 12. The number of carbonyl (C=O) groups excluding carboxylic acids is 2. The van der Waals surface area contributed by atoms with Crippen molar-refractivity contribution >= 4 is 23.6 Å². The summed E-state index contributed by atoms with van der Waals surface area (Å²) >= 11 is 0. The molecule has 2 aromatic carbocycles. The summed E-state index contributed by atoms with van der Waals surface area (Å²) in [5.41, 5.74) is 2.12. The summed E-state index contributed by atoms with van der Waals surface area (Å²) in [5.74, 6) is -1.45. The maximum Gasteiger partial charge on any atom is 0.415 e. The van der Waals surface area contributed by atoms with Crippen LogP contribution in [-0.4, -0.2) is 89.8 Å². The smallest absolute Gasteiger partial charge is 0.415 e. The number of nitrogens with zero attached hydrogens (tertiary/aromatic N) is 3. The zero-order valence-electron chi connectivity index (χ0n) is 32.4. The number of allylic oxidation sites excluding steroid dienone is 1. The van der Waals surface area contributed by atoms with Gasteiger partial charge in [-0.2, -0.15) is 0 Å². The Morgan fingerprint density at radius 2 is 1.79 bits per heavy atom. The van der Waals surface area contributed by atoms with Crippen LogP contribution < -0.4 is 19.5 Å². The lowest BCUT2D eigenvalue weighted by atomic mass is 9.55. The fourth-order valence-electron chi connectivity index (χ4n) is 8.52. The number of unbranched alkanes of at least 4 members (excludes halogenated alkanes) is 2. The van der Waals surface area contributed by atoms with Crippen LogP contribution in [-0.2, 0) is 9.57 Å². The number of benzene rings is 2. The Bertz CT molecular complexity index is 1750. The number of carbonyl (C=O) groups is 2. The van der Waals surface area contributed by atoms with E-state index in [2.05, 4.69) is 23.1 Å². The molecule has 15 nitrogen and oxygen atoms in total. The van der Waals surface area contributed by atoms with Gasteiger partial charge in [0.15, 0.2) is 0 Å². The van der Waals surface area contributed by atoms with E-state index in [-0.39, 0.29) is 62.0 Å². The van der Waals surface area contributed by atoms with Crippen LogP contribution in [0, 0.1) is 27.9 Å². The summed E-state index contributed by atoms with van der Waals surface area (Å²) in [7, 11) is 1.47. The first-order valence-corrected chi connectivity index (χ1v) is 19.5. The number of rotatable bonds is 19. The zero-order valence-corrected chi connectivity index (χ0v) is 32.4. The highest BCUT2D eigenvalue weighted by Crippen LogP contribution is 2.62. The van der Waals surface area contributed by atoms with Gasteiger partial charge in [-0.1, -0.05) is 37.1 Å². The van der Waals surface area contributed by atoms with Gasteiger partial charge in [0.1, 0.15) is 30.4 Å². The molecule has 1 fully saturated rings. The highest BCUT2D eigenvalue weighted by atomic mass is 16.7. The minimum absolute atomic E-state index is 0.0185. The van der Waals surface area contributed by atoms with Crippen LogP contribution in [0.2, 0.25) is 0 Å². The van der Waals surface area contributed by atoms with E-state index in [1.807, 2.05) is 13.0 Å². The van der Waals surface area contributed by atoms with Crippen molar-refractivity contribution in [1.29, 1.82) is 0 Å². The molecule has 0 saturated heterocycles. The lowest BCUT2D eigenvalue weighted by Crippen LogP contribution is -2.70. The van der Waals surface area contributed by atoms with Gasteiger partial charge >= 0.3 is 12.2 Å². The van der Waals surface area contributed by atoms with Crippen LogP contribution in [0.3, 0.4) is 0 Å². The second-order valence-corrected chi connectivity index (χ2v) is 14.2. The van der Waals surface area contributed by atoms with Gasteiger partial charge in [-0.3, -0.25) is 15.0 Å². The predicted molar refractivity (Wildman–Crippen MR) is 208 cm³/mol. The standard InChI is InChI=1S/C41H54N4O11/c1-5-20-44(40(49)55-29-16-14-28(15-17-29)45(50)51)36-26-34(43-52-4)32-24-27(12-8-10-21-46)31(13-9-11-22-47)37-33-25-30(54-39(48)42-7-3)18-19-35(33)56-41(36,38(32)37)53-23-6-2/h6,14-19,24-25,27,31,36-38,46-47H,2,5,7-13,20-23,26H2,1,3-4H3,(H,42,48). The van der Waals surface area contributed by atoms with E-state index < -0.39 is 34.9 Å². The fraction of sp³-hybridized carbons (Fsp3) is 0.537. The lowest BCUT2D eigenvalue weighted by molar-refractivity contribution is -0.384. The van der Waals surface area contributed by atoms with Gasteiger partial charge < -0.3 is 39.3 Å². The maximum absolute atomic E-state index is 14.4. The van der Waals surface area contributed by atoms with Gasteiger partial charge in [0.25, 0.3) is 5.69 Å². The summed E-state index contributed by atoms with van der Waals surface area (Å²) in [6, 6.07) is 9.74. The first-order valence-electron chi connectivity index (χ1n) is 19.5. The van der Waals surface area contributed by atoms with E-state index >= 15 is 0 Å². The van der Waals surface area contributed by atoms with Gasteiger partial charge in [-0.05, 0) is 86.8 Å². The Hall–Kier alpha value is -4.99. The topological polar surface area (TPSA) is 192 Å². The third kappa shape index (κ3) is 9.17. The molecule has 1 heterocycles. The summed E-state index contributed by atoms with van der Waals surface area (Å²) in [6.07, 6.45) is 7.54. The van der Waals surface area contributed by atoms with Crippen LogP contribution in [0.15, 0.2) is 71.9 Å². The number of hydrogen-bond donors (Lipinski definition) is 3. The molecule has 0 bridgehead atoms. The van der Waals surface area contributed by atoms with E-state index in [9.17, 15) is 29.9 Å². The van der Waals surface area contributed by atoms with Crippen molar-refractivity contribution in [2.45, 2.75) is 83.0 Å². The molecule has 15 heteroatoms. The highest BCUT2D eigenvalue weighted by Gasteiger charge is 2.65. The van der Waals surface area contributed by atoms with Gasteiger partial charge in [-0.15, -0.1) is 6.58 Å². The quantitative estimate of drug-likeness (QED) is 0.0583. The molecule has 3 aliphatic rings. The molecule has 2 aromatic rings. The summed E-state index contributed by atoms with van der Waals surface area (Å²) in [4.78, 5) is 44.8. The van der Waals surface area contributed by atoms with Crippen LogP contribution in [0.1, 0.15) is 76.7 Å². The molecule has 56 heavy (non-hydrogen) atoms. The first kappa shape index (κ1) is 42.2. The Morgan fingerprint density at radius 1 is 1.07 bits per heavy atom. The molecular weight excluding hydrogens is 724 g/mol. The highest BCUT2D eigenvalue weighted by molar-refractivity contribution is 6.03. The molecule has 2 amide bonds. The van der Waals surface area contributed by atoms with E-state index in [1.54, 1.807) is 30.0 Å². The monoisotopic (exact) mass is 778 g/mol. The second-order valence-electron chi connectivity index (χ2n) is 14.2. The summed E-state index contributed by atoms with van der Waals surface area (Å²) in [6.45, 7) is 8.50. The minimum atomic E-state index is -1.51. The number of non-ortho nitro benzene ring substituents is 1. The Balaban J connectivity index is 1.73. The number of ether oxygens (including phenoxy) is 4. The molecule has 5 rings (SSSR count). The second kappa shape index (κ2) is 19.7. The summed E-state index contributed by atoms with van der Waals surface area (Å²) in [5, 5.41) is 38.1. The number of fused-ring (bicyclic) bond motifs is 2. The molecule has 0 spiro atoms. The molecule has 1 aliphatic heterocycles. The number of oxime groups is 1. The first-order chi connectivity index (χ1) is 27.2. The molecule has 1 saturated carbocycles. The molecule has 3 N–H and O–H groups in total. The van der Waals surface area contributed by atoms with Crippen molar-refractivity contribution < 1.29 is 48.5 Å². The van der Waals surface area contributed by atoms with E-state index in [4.69, 9.17) is 23.8 Å². The van der Waals surface area contributed by atoms with Gasteiger partial charge in [0, 0.05) is 56.3 Å². The average Bonchev–Trinajstić information content (AvgIpc) is 3.18. The van der Waals surface area contributed by atoms with E-state index in [0.717, 1.165) is 36.8 Å². The predicted octanol–water partition coefficient (Wildman–Crippen LogP) is 6.88. The SMILES string of the molecule is C=CCOC12Oc3ccc(OC(=O)NCC)cc3C3C(CCCCO)C(CCCCO)C=C(C(=NOC)CC1N(CCC)C(=O)Oc1ccc([N+](=O)[O-])cc1)C32. The van der Waals surface area contributed by atoms with Crippen LogP contribution in [0.4, 0.5) is 15.3 Å². The fourth-order valence-corrected chi connectivity index (χ4v) is 8.52. The Labute approximate surface area is 327 Å². The zero-order chi connectivity index (χ0) is 40.2. The van der Waals surface area contributed by atoms with Gasteiger partial charge in [0.05, 0.1) is 23.2 Å². The van der Waals surface area contributed by atoms with Crippen molar-refractivity contribution in [2.24, 2.45) is 22.9 Å². The number of aliphatic hydroxyl groups is 2. The normalized spacial score (nSPS) is 24.1. The Kier molecular flexibility index (Phi) is 14.9. The third-order valence-corrected chi connectivity index (χ3v) is 10.7. The molecular formula is C41H54N4O11. The van der Waals surface area contributed by atoms with Crippen LogP contribution in [0.25, 0.3) is 0 Å². The molecule has 6 unspecified atom stereocenters. The number of aliphatic hydroxyl groups excluding tert-OH is 2. The summed E-state index contributed by atoms with van der Waals surface area (Å²) < 4.78 is 25.6. The van der Waals surface area contributed by atoms with Crippen molar-refractivity contribution in [2.75, 3.05) is 40.0 Å². The largest absolute Gasteiger partial charge is 0.459 e. The van der Waals surface area contributed by atoms with Crippen molar-refractivity contribution in [3.63, 3.8) is 0 Å². The number of nitro benzene ring substituents is 1. The van der Waals surface area contributed by atoms with Gasteiger partial charge in [-0.25, -0.2) is 9.59 Å². The number of nitrogens with one attached hydrogen (secondary N) is 1. The van der Waals surface area contributed by atoms with Crippen LogP contribution in [0.5, 0.6) is 17.2 Å². The third-order valence-electron chi connectivity index (χ3n) is 10.7. The van der Waals surface area contributed by atoms with Crippen molar-refractivity contribution in [1.82, 2.24) is 10.2 Å². The van der Waals surface area contributed by atoms with Crippen molar-refractivity contribution in [3.8, 4) is 17.2 Å². The molecule has 0 radical (unpaired) electrons. The minimum Gasteiger partial charge on any atom is -0.459 e. The molecule has 2 aliphatic carbocycles. The van der Waals surface area contributed by atoms with Crippen molar-refractivity contribution in [3.05, 3.63) is 82.4 Å². The number of nitro groups is 1. The Morgan fingerprint density at radius 3 is 2.43 bits per heavy atom. The van der Waals surface area contributed by atoms with Gasteiger partial charge in [0.2, 0.25) is 5.79 Å². The molecule has 0 aromatic heterocycles. The molecule has 6 atom stereocenters. The van der Waals surface area contributed by atoms with Crippen LogP contribution >= 0.6 is 0 Å². The molecule has 304 valence electrons. The number of amides is 2. The maximum atomic E-state index is 14.4.